The van der Waals surface area contributed by atoms with Crippen molar-refractivity contribution in [3.8, 4) is 5.75 Å². The molecule has 1 N–H and O–H groups in total. The highest BCUT2D eigenvalue weighted by molar-refractivity contribution is 5.77. The van der Waals surface area contributed by atoms with Gasteiger partial charge in [0.1, 0.15) is 5.75 Å². The normalized spacial score (nSPS) is 11.0. The van der Waals surface area contributed by atoms with E-state index < -0.39 is 0 Å². The van der Waals surface area contributed by atoms with E-state index in [0.29, 0.717) is 12.3 Å². The number of hydrogen-bond acceptors (Lipinski definition) is 3. The van der Waals surface area contributed by atoms with E-state index in [2.05, 4.69) is 31.0 Å². The molecule has 2 aromatic rings. The molecule has 2 rings (SSSR count). The summed E-state index contributed by atoms with van der Waals surface area (Å²) in [4.78, 5) is 14.0. The van der Waals surface area contributed by atoms with E-state index in [1.165, 1.54) is 5.56 Å². The number of anilines is 1. The quantitative estimate of drug-likeness (QED) is 0.837. The molecule has 0 saturated heterocycles. The number of carbonyl (C=O) groups excluding carboxylic acids is 1. The highest BCUT2D eigenvalue weighted by Gasteiger charge is 2.13. The third kappa shape index (κ3) is 6.14. The van der Waals surface area contributed by atoms with E-state index in [-0.39, 0.29) is 17.9 Å². The lowest BCUT2D eigenvalue weighted by Gasteiger charge is -2.20. The minimum atomic E-state index is -0.110. The fraction of sp³-hybridized carbons (Fsp3) is 0.381. The SMILES string of the molecule is CN(CCNC(=O)COc1ccc(C(C)(C)C)cc1)c1ccccc1. The molecule has 1 amide bonds. The molecule has 2 aromatic carbocycles. The largest absolute Gasteiger partial charge is 0.484 e. The maximum atomic E-state index is 11.9. The van der Waals surface area contributed by atoms with Gasteiger partial charge in [0.05, 0.1) is 0 Å². The summed E-state index contributed by atoms with van der Waals surface area (Å²) in [5.41, 5.74) is 2.49. The van der Waals surface area contributed by atoms with E-state index in [0.717, 1.165) is 12.2 Å². The van der Waals surface area contributed by atoms with E-state index in [4.69, 9.17) is 4.74 Å². The number of nitrogens with zero attached hydrogens (tertiary/aromatic N) is 1. The maximum Gasteiger partial charge on any atom is 0.258 e. The molecule has 0 fully saturated rings. The van der Waals surface area contributed by atoms with Crippen molar-refractivity contribution in [3.63, 3.8) is 0 Å². The van der Waals surface area contributed by atoms with Crippen LogP contribution in [0.5, 0.6) is 5.75 Å². The van der Waals surface area contributed by atoms with Crippen LogP contribution in [-0.2, 0) is 10.2 Å². The van der Waals surface area contributed by atoms with E-state index in [1.807, 2.05) is 61.6 Å². The van der Waals surface area contributed by atoms with E-state index in [1.54, 1.807) is 0 Å². The summed E-state index contributed by atoms with van der Waals surface area (Å²) < 4.78 is 5.55. The number of carbonyl (C=O) groups is 1. The van der Waals surface area contributed by atoms with Crippen LogP contribution >= 0.6 is 0 Å². The summed E-state index contributed by atoms with van der Waals surface area (Å²) in [6, 6.07) is 18.0. The average Bonchev–Trinajstić information content (AvgIpc) is 2.60. The van der Waals surface area contributed by atoms with Crippen molar-refractivity contribution in [1.29, 1.82) is 0 Å². The van der Waals surface area contributed by atoms with Crippen molar-refractivity contribution in [3.05, 3.63) is 60.2 Å². The van der Waals surface area contributed by atoms with Gasteiger partial charge in [-0.1, -0.05) is 51.1 Å². The molecule has 0 aliphatic rings. The number of benzene rings is 2. The Kier molecular flexibility index (Phi) is 6.45. The van der Waals surface area contributed by atoms with Gasteiger partial charge in [-0.05, 0) is 35.2 Å². The Bertz CT molecular complexity index is 661. The molecule has 0 spiro atoms. The Labute approximate surface area is 150 Å². The highest BCUT2D eigenvalue weighted by Crippen LogP contribution is 2.24. The molecular weight excluding hydrogens is 312 g/mol. The number of hydrogen-bond donors (Lipinski definition) is 1. The number of nitrogens with one attached hydrogen (secondary N) is 1. The van der Waals surface area contributed by atoms with Crippen LogP contribution < -0.4 is 15.0 Å². The number of rotatable bonds is 7. The predicted molar refractivity (Wildman–Crippen MR) is 103 cm³/mol. The van der Waals surface area contributed by atoms with Gasteiger partial charge >= 0.3 is 0 Å². The fourth-order valence-corrected chi connectivity index (χ4v) is 2.43. The first-order valence-electron chi connectivity index (χ1n) is 8.62. The smallest absolute Gasteiger partial charge is 0.258 e. The Morgan fingerprint density at radius 3 is 2.28 bits per heavy atom. The van der Waals surface area contributed by atoms with Gasteiger partial charge in [-0.15, -0.1) is 0 Å². The molecule has 0 unspecified atom stereocenters. The average molecular weight is 340 g/mol. The number of likely N-dealkylation sites (N-methyl/N-ethyl adjacent to an activating group) is 1. The Morgan fingerprint density at radius 1 is 1.04 bits per heavy atom. The van der Waals surface area contributed by atoms with Crippen LogP contribution in [0, 0.1) is 0 Å². The van der Waals surface area contributed by atoms with Crippen molar-refractivity contribution < 1.29 is 9.53 Å². The first-order valence-corrected chi connectivity index (χ1v) is 8.62. The van der Waals surface area contributed by atoms with Gasteiger partial charge in [-0.25, -0.2) is 0 Å². The Hall–Kier alpha value is -2.49. The summed E-state index contributed by atoms with van der Waals surface area (Å²) >= 11 is 0. The fourth-order valence-electron chi connectivity index (χ4n) is 2.43. The van der Waals surface area contributed by atoms with Gasteiger partial charge in [0, 0.05) is 25.8 Å². The molecule has 0 bridgehead atoms. The summed E-state index contributed by atoms with van der Waals surface area (Å²) in [6.07, 6.45) is 0. The molecule has 4 nitrogen and oxygen atoms in total. The summed E-state index contributed by atoms with van der Waals surface area (Å²) in [6.45, 7) is 7.87. The maximum absolute atomic E-state index is 11.9. The lowest BCUT2D eigenvalue weighted by molar-refractivity contribution is -0.123. The van der Waals surface area contributed by atoms with Crippen molar-refractivity contribution in [2.24, 2.45) is 0 Å². The van der Waals surface area contributed by atoms with Crippen molar-refractivity contribution in [2.75, 3.05) is 31.6 Å². The van der Waals surface area contributed by atoms with Crippen molar-refractivity contribution in [1.82, 2.24) is 5.32 Å². The molecule has 0 saturated carbocycles. The van der Waals surface area contributed by atoms with Gasteiger partial charge in [0.2, 0.25) is 0 Å². The number of para-hydroxylation sites is 1. The Balaban J connectivity index is 1.70. The van der Waals surface area contributed by atoms with Gasteiger partial charge in [0.25, 0.3) is 5.91 Å². The lowest BCUT2D eigenvalue weighted by atomic mass is 9.87. The molecule has 0 atom stereocenters. The highest BCUT2D eigenvalue weighted by atomic mass is 16.5. The Morgan fingerprint density at radius 2 is 1.68 bits per heavy atom. The van der Waals surface area contributed by atoms with Crippen LogP contribution in [-0.4, -0.2) is 32.7 Å². The molecule has 0 aliphatic carbocycles. The second-order valence-electron chi connectivity index (χ2n) is 7.17. The van der Waals surface area contributed by atoms with Crippen LogP contribution in [0.25, 0.3) is 0 Å². The van der Waals surface area contributed by atoms with Crippen molar-refractivity contribution >= 4 is 11.6 Å². The van der Waals surface area contributed by atoms with Crippen molar-refractivity contribution in [2.45, 2.75) is 26.2 Å². The topological polar surface area (TPSA) is 41.6 Å². The van der Waals surface area contributed by atoms with Gasteiger partial charge < -0.3 is 15.0 Å². The number of ether oxygens (including phenoxy) is 1. The van der Waals surface area contributed by atoms with E-state index >= 15 is 0 Å². The molecular formula is C21H28N2O2. The van der Waals surface area contributed by atoms with Gasteiger partial charge in [-0.2, -0.15) is 0 Å². The van der Waals surface area contributed by atoms with Crippen LogP contribution in [0.3, 0.4) is 0 Å². The zero-order chi connectivity index (χ0) is 18.3. The minimum Gasteiger partial charge on any atom is -0.484 e. The molecule has 0 aromatic heterocycles. The molecule has 0 heterocycles. The minimum absolute atomic E-state index is 0.0317. The van der Waals surface area contributed by atoms with E-state index in [9.17, 15) is 4.79 Å². The monoisotopic (exact) mass is 340 g/mol. The predicted octanol–water partition coefficient (Wildman–Crippen LogP) is 3.62. The first-order chi connectivity index (χ1) is 11.9. The molecule has 4 heteroatoms. The summed E-state index contributed by atoms with van der Waals surface area (Å²) in [7, 11) is 2.01. The standard InChI is InChI=1S/C21H28N2O2/c1-21(2,3)17-10-12-19(13-11-17)25-16-20(24)22-14-15-23(4)18-8-6-5-7-9-18/h5-13H,14-16H2,1-4H3,(H,22,24). The van der Waals surface area contributed by atoms with Crippen LogP contribution in [0.1, 0.15) is 26.3 Å². The molecule has 0 aliphatic heterocycles. The zero-order valence-electron chi connectivity index (χ0n) is 15.6. The molecule has 0 radical (unpaired) electrons. The molecule has 134 valence electrons. The van der Waals surface area contributed by atoms with Crippen LogP contribution in [0.4, 0.5) is 5.69 Å². The summed E-state index contributed by atoms with van der Waals surface area (Å²) in [5.74, 6) is 0.603. The van der Waals surface area contributed by atoms with Gasteiger partial charge in [0.15, 0.2) is 6.61 Å². The second-order valence-corrected chi connectivity index (χ2v) is 7.17. The number of amides is 1. The summed E-state index contributed by atoms with van der Waals surface area (Å²) in [5, 5.41) is 2.88. The third-order valence-electron chi connectivity index (χ3n) is 4.06. The first kappa shape index (κ1) is 18.8. The lowest BCUT2D eigenvalue weighted by Crippen LogP contribution is -2.35. The molecule has 25 heavy (non-hydrogen) atoms. The van der Waals surface area contributed by atoms with Crippen LogP contribution in [0.2, 0.25) is 0 Å². The van der Waals surface area contributed by atoms with Crippen LogP contribution in [0.15, 0.2) is 54.6 Å². The zero-order valence-corrected chi connectivity index (χ0v) is 15.6. The second kappa shape index (κ2) is 8.56. The third-order valence-corrected chi connectivity index (χ3v) is 4.06. The van der Waals surface area contributed by atoms with Gasteiger partial charge in [-0.3, -0.25) is 4.79 Å².